The van der Waals surface area contributed by atoms with Crippen LogP contribution in [0.15, 0.2) is 41.4 Å². The van der Waals surface area contributed by atoms with Crippen molar-refractivity contribution in [1.82, 2.24) is 16.0 Å². The van der Waals surface area contributed by atoms with Crippen LogP contribution in [0, 0.1) is 0 Å². The zero-order chi connectivity index (χ0) is 17.5. The van der Waals surface area contributed by atoms with Crippen molar-refractivity contribution in [2.24, 2.45) is 4.99 Å². The van der Waals surface area contributed by atoms with Gasteiger partial charge < -0.3 is 20.9 Å². The molecule has 7 heteroatoms. The highest BCUT2D eigenvalue weighted by Gasteiger charge is 2.18. The topological polar surface area (TPSA) is 68.8 Å². The summed E-state index contributed by atoms with van der Waals surface area (Å²) in [7, 11) is 0. The van der Waals surface area contributed by atoms with Crippen LogP contribution >= 0.6 is 24.0 Å². The molecule has 1 fully saturated rings. The van der Waals surface area contributed by atoms with E-state index in [1.54, 1.807) is 0 Å². The summed E-state index contributed by atoms with van der Waals surface area (Å²) < 4.78 is 0. The molecule has 3 rings (SSSR count). The molecule has 0 spiro atoms. The van der Waals surface area contributed by atoms with Crippen molar-refractivity contribution in [2.45, 2.75) is 32.4 Å². The molecule has 1 aromatic rings. The minimum Gasteiger partial charge on any atom is -0.364 e. The molecule has 3 N–H and O–H groups in total. The van der Waals surface area contributed by atoms with Crippen LogP contribution < -0.4 is 20.9 Å². The minimum atomic E-state index is 0. The zero-order valence-corrected chi connectivity index (χ0v) is 17.5. The maximum absolute atomic E-state index is 11.3. The second kappa shape index (κ2) is 10.4. The van der Waals surface area contributed by atoms with Crippen molar-refractivity contribution in [3.63, 3.8) is 0 Å². The lowest BCUT2D eigenvalue weighted by Crippen LogP contribution is -2.51. The Kier molecular flexibility index (Phi) is 8.21. The number of rotatable bonds is 5. The quantitative estimate of drug-likeness (QED) is 0.267. The number of carbonyl (C=O) groups excluding carboxylic acids is 1. The summed E-state index contributed by atoms with van der Waals surface area (Å²) in [5.41, 5.74) is 2.44. The van der Waals surface area contributed by atoms with Gasteiger partial charge in [-0.05, 0) is 31.0 Å². The summed E-state index contributed by atoms with van der Waals surface area (Å²) in [6.07, 6.45) is 5.80. The molecule has 0 saturated carbocycles. The summed E-state index contributed by atoms with van der Waals surface area (Å²) in [5, 5.41) is 9.58. The highest BCUT2D eigenvalue weighted by Crippen LogP contribution is 2.17. The Morgan fingerprint density at radius 3 is 2.62 bits per heavy atom. The number of amides is 1. The van der Waals surface area contributed by atoms with Crippen molar-refractivity contribution in [3.05, 3.63) is 42.0 Å². The van der Waals surface area contributed by atoms with Gasteiger partial charge in [0.25, 0.3) is 0 Å². The third-order valence-corrected chi connectivity index (χ3v) is 4.49. The summed E-state index contributed by atoms with van der Waals surface area (Å²) >= 11 is 0. The first kappa shape index (κ1) is 20.5. The van der Waals surface area contributed by atoms with E-state index < -0.39 is 0 Å². The predicted molar refractivity (Wildman–Crippen MR) is 117 cm³/mol. The molecule has 1 amide bonds. The number of anilines is 1. The van der Waals surface area contributed by atoms with Crippen LogP contribution in [-0.2, 0) is 11.3 Å². The average Bonchev–Trinajstić information content (AvgIpc) is 3.17. The number of guanidine groups is 1. The molecule has 2 aliphatic rings. The van der Waals surface area contributed by atoms with Crippen LogP contribution in [0.25, 0.3) is 0 Å². The van der Waals surface area contributed by atoms with Crippen molar-refractivity contribution in [2.75, 3.05) is 31.1 Å². The Morgan fingerprint density at radius 2 is 2.00 bits per heavy atom. The van der Waals surface area contributed by atoms with Crippen LogP contribution in [-0.4, -0.2) is 44.1 Å². The molecule has 1 unspecified atom stereocenters. The largest absolute Gasteiger partial charge is 0.364 e. The molecule has 0 radical (unpaired) electrons. The lowest BCUT2D eigenvalue weighted by atomic mass is 10.1. The molecule has 1 atom stereocenters. The fourth-order valence-electron chi connectivity index (χ4n) is 3.04. The molecular weight excluding hydrogens is 441 g/mol. The number of hydrogen-bond donors (Lipinski definition) is 3. The van der Waals surface area contributed by atoms with Crippen LogP contribution in [0.3, 0.4) is 0 Å². The average molecular weight is 469 g/mol. The minimum absolute atomic E-state index is 0. The molecule has 0 bridgehead atoms. The van der Waals surface area contributed by atoms with E-state index in [0.717, 1.165) is 32.0 Å². The maximum Gasteiger partial charge on any atom is 0.220 e. The SMILES string of the molecule is CCNC(=NCc1ccc(N2CC=CC2)cc1)NC1CCC(=O)NC1.I. The van der Waals surface area contributed by atoms with Gasteiger partial charge in [0.1, 0.15) is 0 Å². The molecule has 0 aliphatic carbocycles. The van der Waals surface area contributed by atoms with Crippen LogP contribution in [0.2, 0.25) is 0 Å². The molecule has 0 aromatic heterocycles. The number of benzene rings is 1. The van der Waals surface area contributed by atoms with Gasteiger partial charge >= 0.3 is 0 Å². The molecule has 2 heterocycles. The van der Waals surface area contributed by atoms with Gasteiger partial charge in [0.2, 0.25) is 5.91 Å². The van der Waals surface area contributed by atoms with Crippen molar-refractivity contribution >= 4 is 41.5 Å². The molecule has 1 aromatic carbocycles. The van der Waals surface area contributed by atoms with Gasteiger partial charge in [-0.2, -0.15) is 0 Å². The lowest BCUT2D eigenvalue weighted by molar-refractivity contribution is -0.122. The normalized spacial score (nSPS) is 19.7. The van der Waals surface area contributed by atoms with Gasteiger partial charge in [0, 0.05) is 44.3 Å². The van der Waals surface area contributed by atoms with Crippen LogP contribution in [0.4, 0.5) is 5.69 Å². The van der Waals surface area contributed by atoms with Gasteiger partial charge in [-0.1, -0.05) is 24.3 Å². The fourth-order valence-corrected chi connectivity index (χ4v) is 3.04. The molecule has 1 saturated heterocycles. The van der Waals surface area contributed by atoms with E-state index in [-0.39, 0.29) is 35.9 Å². The maximum atomic E-state index is 11.3. The van der Waals surface area contributed by atoms with E-state index in [9.17, 15) is 4.79 Å². The predicted octanol–water partition coefficient (Wildman–Crippen LogP) is 2.01. The Labute approximate surface area is 172 Å². The van der Waals surface area contributed by atoms with E-state index in [1.165, 1.54) is 11.3 Å². The number of nitrogens with zero attached hydrogens (tertiary/aromatic N) is 2. The number of aliphatic imine (C=N–C) groups is 1. The molecule has 26 heavy (non-hydrogen) atoms. The third-order valence-electron chi connectivity index (χ3n) is 4.49. The van der Waals surface area contributed by atoms with E-state index >= 15 is 0 Å². The summed E-state index contributed by atoms with van der Waals surface area (Å²) in [5.74, 6) is 0.935. The monoisotopic (exact) mass is 469 g/mol. The van der Waals surface area contributed by atoms with Gasteiger partial charge in [-0.15, -0.1) is 24.0 Å². The number of nitrogens with one attached hydrogen (secondary N) is 3. The highest BCUT2D eigenvalue weighted by molar-refractivity contribution is 14.0. The molecule has 142 valence electrons. The van der Waals surface area contributed by atoms with E-state index in [0.29, 0.717) is 19.5 Å². The smallest absolute Gasteiger partial charge is 0.220 e. The van der Waals surface area contributed by atoms with E-state index in [2.05, 4.69) is 69.2 Å². The van der Waals surface area contributed by atoms with Crippen LogP contribution in [0.1, 0.15) is 25.3 Å². The number of halogens is 1. The first-order valence-corrected chi connectivity index (χ1v) is 9.05. The second-order valence-electron chi connectivity index (χ2n) is 6.42. The van der Waals surface area contributed by atoms with Crippen LogP contribution in [0.5, 0.6) is 0 Å². The zero-order valence-electron chi connectivity index (χ0n) is 15.2. The van der Waals surface area contributed by atoms with E-state index in [4.69, 9.17) is 0 Å². The Hall–Kier alpha value is -1.77. The van der Waals surface area contributed by atoms with Gasteiger partial charge in [0.15, 0.2) is 5.96 Å². The number of hydrogen-bond acceptors (Lipinski definition) is 3. The first-order valence-electron chi connectivity index (χ1n) is 9.05. The Balaban J connectivity index is 0.00000243. The fraction of sp³-hybridized carbons (Fsp3) is 0.474. The lowest BCUT2D eigenvalue weighted by Gasteiger charge is -2.25. The molecule has 6 nitrogen and oxygen atoms in total. The highest BCUT2D eigenvalue weighted by atomic mass is 127. The van der Waals surface area contributed by atoms with Crippen molar-refractivity contribution in [1.29, 1.82) is 0 Å². The Morgan fingerprint density at radius 1 is 1.27 bits per heavy atom. The van der Waals surface area contributed by atoms with Crippen molar-refractivity contribution < 1.29 is 4.79 Å². The second-order valence-corrected chi connectivity index (χ2v) is 6.42. The molecular formula is C19H28IN5O. The standard InChI is InChI=1S/C19H27N5O.HI/c1-2-20-19(23-16-7-10-18(25)21-14-16)22-13-15-5-8-17(9-6-15)24-11-3-4-12-24;/h3-6,8-9,16H,2,7,10-14H2,1H3,(H,21,25)(H2,20,22,23);1H. The third kappa shape index (κ3) is 5.89. The Bertz CT molecular complexity index is 626. The summed E-state index contributed by atoms with van der Waals surface area (Å²) in [6.45, 7) is 6.13. The van der Waals surface area contributed by atoms with Crippen molar-refractivity contribution in [3.8, 4) is 0 Å². The van der Waals surface area contributed by atoms with E-state index in [1.807, 2.05) is 0 Å². The summed E-state index contributed by atoms with van der Waals surface area (Å²) in [4.78, 5) is 18.3. The van der Waals surface area contributed by atoms with Gasteiger partial charge in [-0.25, -0.2) is 4.99 Å². The molecule has 2 aliphatic heterocycles. The summed E-state index contributed by atoms with van der Waals surface area (Å²) in [6, 6.07) is 8.84. The van der Waals surface area contributed by atoms with Gasteiger partial charge in [0.05, 0.1) is 6.54 Å². The number of carbonyl (C=O) groups is 1. The first-order chi connectivity index (χ1) is 12.2. The number of piperidine rings is 1. The van der Waals surface area contributed by atoms with Gasteiger partial charge in [-0.3, -0.25) is 4.79 Å².